The first-order valence-corrected chi connectivity index (χ1v) is 11.3. The van der Waals surface area contributed by atoms with E-state index in [4.69, 9.17) is 4.74 Å². The molecule has 0 aromatic heterocycles. The van der Waals surface area contributed by atoms with Crippen molar-refractivity contribution in [3.05, 3.63) is 99.3 Å². The Labute approximate surface area is 204 Å². The molecule has 1 N–H and O–H groups in total. The second-order valence-corrected chi connectivity index (χ2v) is 8.45. The molecule has 1 saturated heterocycles. The van der Waals surface area contributed by atoms with Gasteiger partial charge in [-0.3, -0.25) is 14.9 Å². The molecular weight excluding hydrogens is 503 g/mol. The largest absolute Gasteiger partial charge is 0.488 e. The lowest BCUT2D eigenvalue weighted by Crippen LogP contribution is -2.54. The minimum absolute atomic E-state index is 0.159. The third-order valence-electron chi connectivity index (χ3n) is 5.29. The maximum absolute atomic E-state index is 13.3. The summed E-state index contributed by atoms with van der Waals surface area (Å²) >= 11 is 3.40. The SMILES string of the molecule is CCc1ccccc1N1C(=O)NC(=O)/C(=C/c2cc(Br)ccc2OCc2ccc(F)cc2)C1=O. The molecule has 1 aliphatic heterocycles. The van der Waals surface area contributed by atoms with Crippen molar-refractivity contribution < 1.29 is 23.5 Å². The number of rotatable bonds is 6. The fourth-order valence-corrected chi connectivity index (χ4v) is 3.94. The van der Waals surface area contributed by atoms with Gasteiger partial charge in [-0.1, -0.05) is 53.2 Å². The highest BCUT2D eigenvalue weighted by molar-refractivity contribution is 9.10. The summed E-state index contributed by atoms with van der Waals surface area (Å²) in [5.41, 5.74) is 2.24. The second kappa shape index (κ2) is 10.0. The van der Waals surface area contributed by atoms with Gasteiger partial charge in [0.15, 0.2) is 0 Å². The topological polar surface area (TPSA) is 75.7 Å². The molecule has 172 valence electrons. The number of hydrogen-bond donors (Lipinski definition) is 1. The van der Waals surface area contributed by atoms with Gasteiger partial charge in [-0.15, -0.1) is 0 Å². The van der Waals surface area contributed by atoms with Gasteiger partial charge in [0.2, 0.25) is 0 Å². The zero-order chi connectivity index (χ0) is 24.2. The number of amides is 4. The summed E-state index contributed by atoms with van der Waals surface area (Å²) in [5.74, 6) is -1.44. The molecule has 8 heteroatoms. The van der Waals surface area contributed by atoms with Crippen LogP contribution in [0.15, 0.2) is 76.8 Å². The highest BCUT2D eigenvalue weighted by atomic mass is 79.9. The number of carbonyl (C=O) groups is 3. The number of nitrogens with one attached hydrogen (secondary N) is 1. The fraction of sp³-hybridized carbons (Fsp3) is 0.115. The van der Waals surface area contributed by atoms with Crippen LogP contribution in [0.4, 0.5) is 14.9 Å². The van der Waals surface area contributed by atoms with Crippen molar-refractivity contribution in [3.63, 3.8) is 0 Å². The smallest absolute Gasteiger partial charge is 0.335 e. The Balaban J connectivity index is 1.68. The van der Waals surface area contributed by atoms with Crippen LogP contribution in [0.1, 0.15) is 23.6 Å². The summed E-state index contributed by atoms with van der Waals surface area (Å²) < 4.78 is 19.8. The number of barbiturate groups is 1. The highest BCUT2D eigenvalue weighted by Gasteiger charge is 2.37. The number of benzene rings is 3. The minimum atomic E-state index is -0.796. The molecule has 0 atom stereocenters. The van der Waals surface area contributed by atoms with E-state index in [0.717, 1.165) is 16.0 Å². The molecule has 0 saturated carbocycles. The predicted octanol–water partition coefficient (Wildman–Crippen LogP) is 5.40. The number of para-hydroxylation sites is 1. The zero-order valence-electron chi connectivity index (χ0n) is 18.2. The molecule has 1 fully saturated rings. The summed E-state index contributed by atoms with van der Waals surface area (Å²) in [4.78, 5) is 39.5. The third kappa shape index (κ3) is 4.92. The molecule has 6 nitrogen and oxygen atoms in total. The Morgan fingerprint density at radius 3 is 2.50 bits per heavy atom. The van der Waals surface area contributed by atoms with E-state index in [2.05, 4.69) is 21.2 Å². The minimum Gasteiger partial charge on any atom is -0.488 e. The van der Waals surface area contributed by atoms with Crippen LogP contribution in [-0.4, -0.2) is 17.8 Å². The first-order chi connectivity index (χ1) is 16.4. The van der Waals surface area contributed by atoms with E-state index in [1.807, 2.05) is 19.1 Å². The van der Waals surface area contributed by atoms with Gasteiger partial charge in [-0.05, 0) is 60.0 Å². The summed E-state index contributed by atoms with van der Waals surface area (Å²) in [7, 11) is 0. The van der Waals surface area contributed by atoms with Gasteiger partial charge in [-0.25, -0.2) is 14.1 Å². The van der Waals surface area contributed by atoms with Gasteiger partial charge in [0.25, 0.3) is 11.8 Å². The number of imide groups is 2. The summed E-state index contributed by atoms with van der Waals surface area (Å²) in [6.45, 7) is 2.08. The van der Waals surface area contributed by atoms with E-state index in [0.29, 0.717) is 27.9 Å². The monoisotopic (exact) mass is 522 g/mol. The third-order valence-corrected chi connectivity index (χ3v) is 5.79. The fourth-order valence-electron chi connectivity index (χ4n) is 3.56. The molecule has 3 aromatic rings. The quantitative estimate of drug-likeness (QED) is 0.347. The Kier molecular flexibility index (Phi) is 6.88. The molecule has 0 spiro atoms. The molecule has 1 heterocycles. The molecule has 3 aromatic carbocycles. The number of nitrogens with zero attached hydrogens (tertiary/aromatic N) is 1. The van der Waals surface area contributed by atoms with Crippen molar-refractivity contribution in [1.29, 1.82) is 0 Å². The molecule has 0 unspecified atom stereocenters. The van der Waals surface area contributed by atoms with Crippen LogP contribution in [0.3, 0.4) is 0 Å². The van der Waals surface area contributed by atoms with E-state index in [9.17, 15) is 18.8 Å². The van der Waals surface area contributed by atoms with E-state index in [-0.39, 0.29) is 18.0 Å². The van der Waals surface area contributed by atoms with Crippen molar-refractivity contribution in [2.24, 2.45) is 0 Å². The molecule has 0 bridgehead atoms. The molecule has 1 aliphatic rings. The molecule has 0 aliphatic carbocycles. The second-order valence-electron chi connectivity index (χ2n) is 7.54. The van der Waals surface area contributed by atoms with Crippen molar-refractivity contribution in [2.75, 3.05) is 4.90 Å². The summed E-state index contributed by atoms with van der Waals surface area (Å²) in [5, 5.41) is 2.25. The highest BCUT2D eigenvalue weighted by Crippen LogP contribution is 2.30. The van der Waals surface area contributed by atoms with Crippen LogP contribution >= 0.6 is 15.9 Å². The van der Waals surface area contributed by atoms with Crippen LogP contribution in [-0.2, 0) is 22.6 Å². The van der Waals surface area contributed by atoms with Crippen LogP contribution in [0.2, 0.25) is 0 Å². The number of urea groups is 1. The Morgan fingerprint density at radius 2 is 1.76 bits per heavy atom. The number of hydrogen-bond acceptors (Lipinski definition) is 4. The van der Waals surface area contributed by atoms with Crippen LogP contribution < -0.4 is 15.0 Å². The maximum Gasteiger partial charge on any atom is 0.335 e. The number of anilines is 1. The average Bonchev–Trinajstić information content (AvgIpc) is 2.82. The zero-order valence-corrected chi connectivity index (χ0v) is 19.8. The molecular formula is C26H20BrFN2O4. The van der Waals surface area contributed by atoms with Crippen LogP contribution in [0, 0.1) is 5.82 Å². The van der Waals surface area contributed by atoms with Gasteiger partial charge >= 0.3 is 6.03 Å². The van der Waals surface area contributed by atoms with Crippen molar-refractivity contribution in [3.8, 4) is 5.75 Å². The Bertz CT molecular complexity index is 1300. The van der Waals surface area contributed by atoms with E-state index < -0.39 is 17.8 Å². The van der Waals surface area contributed by atoms with Gasteiger partial charge < -0.3 is 4.74 Å². The lowest BCUT2D eigenvalue weighted by molar-refractivity contribution is -0.122. The van der Waals surface area contributed by atoms with E-state index in [1.165, 1.54) is 18.2 Å². The van der Waals surface area contributed by atoms with E-state index >= 15 is 0 Å². The van der Waals surface area contributed by atoms with E-state index in [1.54, 1.807) is 42.5 Å². The first kappa shape index (κ1) is 23.4. The van der Waals surface area contributed by atoms with Crippen molar-refractivity contribution >= 4 is 45.5 Å². The summed E-state index contributed by atoms with van der Waals surface area (Å²) in [6.07, 6.45) is 2.00. The van der Waals surface area contributed by atoms with Gasteiger partial charge in [0.05, 0.1) is 5.69 Å². The number of halogens is 2. The maximum atomic E-state index is 13.3. The van der Waals surface area contributed by atoms with Gasteiger partial charge in [0.1, 0.15) is 23.7 Å². The summed E-state index contributed by atoms with van der Waals surface area (Å²) in [6, 6.07) is 17.3. The normalized spacial score (nSPS) is 15.0. The van der Waals surface area contributed by atoms with Crippen molar-refractivity contribution in [2.45, 2.75) is 20.0 Å². The van der Waals surface area contributed by atoms with Crippen LogP contribution in [0.25, 0.3) is 6.08 Å². The number of carbonyl (C=O) groups excluding carboxylic acids is 3. The molecule has 4 rings (SSSR count). The van der Waals surface area contributed by atoms with Gasteiger partial charge in [0, 0.05) is 10.0 Å². The molecule has 0 radical (unpaired) electrons. The lowest BCUT2D eigenvalue weighted by Gasteiger charge is -2.28. The number of ether oxygens (including phenoxy) is 1. The molecule has 34 heavy (non-hydrogen) atoms. The Morgan fingerprint density at radius 1 is 1.03 bits per heavy atom. The average molecular weight is 523 g/mol. The predicted molar refractivity (Wildman–Crippen MR) is 130 cm³/mol. The molecule has 4 amide bonds. The number of aryl methyl sites for hydroxylation is 1. The standard InChI is InChI=1S/C26H20BrFN2O4/c1-2-17-5-3-4-6-22(17)30-25(32)21(24(31)29-26(30)33)14-18-13-19(27)9-12-23(18)34-15-16-7-10-20(28)11-8-16/h3-14H,2,15H2,1H3,(H,29,31,33)/b21-14-. The first-order valence-electron chi connectivity index (χ1n) is 10.5. The Hall–Kier alpha value is -3.78. The van der Waals surface area contributed by atoms with Crippen molar-refractivity contribution in [1.82, 2.24) is 5.32 Å². The van der Waals surface area contributed by atoms with Gasteiger partial charge in [-0.2, -0.15) is 0 Å². The van der Waals surface area contributed by atoms with Crippen LogP contribution in [0.5, 0.6) is 5.75 Å². The lowest BCUT2D eigenvalue weighted by atomic mass is 10.0.